The molecule has 0 radical (unpaired) electrons. The smallest absolute Gasteiger partial charge is 0.439 e. The topological polar surface area (TPSA) is 76.1 Å². The Hall–Kier alpha value is -2.00. The number of hydrogen-bond donors (Lipinski definition) is 1. The van der Waals surface area contributed by atoms with Crippen LogP contribution in [0, 0.1) is 0 Å². The van der Waals surface area contributed by atoms with Crippen LogP contribution in [0.2, 0.25) is 5.02 Å². The third-order valence-electron chi connectivity index (χ3n) is 2.60. The lowest BCUT2D eigenvalue weighted by Crippen LogP contribution is -2.37. The molecule has 0 aromatic heterocycles. The first kappa shape index (κ1) is 20.0. The predicted molar refractivity (Wildman–Crippen MR) is 79.1 cm³/mol. The molecule has 0 spiro atoms. The number of hydroxylamine groups is 1. The molecule has 0 aliphatic rings. The number of nitrogens with zero attached hydrogens (tertiary/aromatic N) is 1. The van der Waals surface area contributed by atoms with E-state index < -0.39 is 45.7 Å². The lowest BCUT2D eigenvalue weighted by molar-refractivity contribution is -0.137. The Balaban J connectivity index is 3.59. The summed E-state index contributed by atoms with van der Waals surface area (Å²) in [5, 5.41) is 8.39. The zero-order valence-corrected chi connectivity index (χ0v) is 13.9. The first-order valence-electron chi connectivity index (χ1n) is 6.49. The number of carbonyl (C=O) groups excluding carboxylic acids is 1. The number of anilines is 1. The van der Waals surface area contributed by atoms with Gasteiger partial charge in [-0.15, -0.1) is 0 Å². The van der Waals surface area contributed by atoms with Gasteiger partial charge in [0.15, 0.2) is 0 Å². The zero-order chi connectivity index (χ0) is 18.9. The number of alkyl halides is 3. The van der Waals surface area contributed by atoms with Crippen molar-refractivity contribution < 1.29 is 37.4 Å². The van der Waals surface area contributed by atoms with Crippen molar-refractivity contribution >= 4 is 29.4 Å². The number of carboxylic acids is 1. The van der Waals surface area contributed by atoms with Gasteiger partial charge < -0.3 is 9.84 Å². The summed E-state index contributed by atoms with van der Waals surface area (Å²) >= 11 is 5.79. The third kappa shape index (κ3) is 4.51. The molecular weight excluding hydrogens is 355 g/mol. The number of carbonyl (C=O) groups is 2. The van der Waals surface area contributed by atoms with Crippen LogP contribution < -0.4 is 5.06 Å². The second-order valence-corrected chi connectivity index (χ2v) is 5.96. The van der Waals surface area contributed by atoms with Crippen LogP contribution >= 0.6 is 11.6 Å². The number of aromatic carboxylic acids is 1. The highest BCUT2D eigenvalue weighted by Gasteiger charge is 2.40. The Morgan fingerprint density at radius 1 is 1.21 bits per heavy atom. The lowest BCUT2D eigenvalue weighted by atomic mass is 10.1. The molecule has 1 amide bonds. The SMILES string of the molecule is CON(C(=O)OC(C)(C)C)c1c(C(F)(F)F)ccc(C(=O)O)c1Cl. The van der Waals surface area contributed by atoms with Gasteiger partial charge in [-0.3, -0.25) is 4.84 Å². The maximum atomic E-state index is 13.2. The van der Waals surface area contributed by atoms with Crippen molar-refractivity contribution in [1.82, 2.24) is 0 Å². The molecule has 0 aliphatic carbocycles. The van der Waals surface area contributed by atoms with Crippen LogP contribution in [0.1, 0.15) is 36.7 Å². The van der Waals surface area contributed by atoms with Crippen molar-refractivity contribution in [2.75, 3.05) is 12.2 Å². The predicted octanol–water partition coefficient (Wildman–Crippen LogP) is 4.36. The molecule has 134 valence electrons. The Kier molecular flexibility index (Phi) is 5.73. The summed E-state index contributed by atoms with van der Waals surface area (Å²) in [6, 6.07) is 1.20. The Bertz CT molecular complexity index is 655. The molecule has 0 unspecified atom stereocenters. The zero-order valence-electron chi connectivity index (χ0n) is 13.2. The van der Waals surface area contributed by atoms with Crippen LogP contribution in [0.25, 0.3) is 0 Å². The van der Waals surface area contributed by atoms with Crippen LogP contribution in [0.4, 0.5) is 23.7 Å². The maximum Gasteiger partial charge on any atom is 0.439 e. The van der Waals surface area contributed by atoms with Crippen molar-refractivity contribution in [3.63, 3.8) is 0 Å². The first-order chi connectivity index (χ1) is 10.8. The average Bonchev–Trinajstić information content (AvgIpc) is 2.37. The van der Waals surface area contributed by atoms with E-state index >= 15 is 0 Å². The van der Waals surface area contributed by atoms with Gasteiger partial charge in [-0.1, -0.05) is 11.6 Å². The summed E-state index contributed by atoms with van der Waals surface area (Å²) in [5.74, 6) is -1.56. The van der Waals surface area contributed by atoms with Gasteiger partial charge >= 0.3 is 18.2 Å². The molecule has 1 aromatic carbocycles. The van der Waals surface area contributed by atoms with E-state index in [9.17, 15) is 22.8 Å². The van der Waals surface area contributed by atoms with Crippen molar-refractivity contribution in [2.45, 2.75) is 32.5 Å². The fourth-order valence-corrected chi connectivity index (χ4v) is 2.04. The monoisotopic (exact) mass is 369 g/mol. The molecule has 6 nitrogen and oxygen atoms in total. The summed E-state index contributed by atoms with van der Waals surface area (Å²) in [6.07, 6.45) is -6.19. The highest BCUT2D eigenvalue weighted by atomic mass is 35.5. The first-order valence-corrected chi connectivity index (χ1v) is 6.87. The van der Waals surface area contributed by atoms with Gasteiger partial charge in [0.25, 0.3) is 0 Å². The Morgan fingerprint density at radius 3 is 2.12 bits per heavy atom. The molecule has 0 bridgehead atoms. The Morgan fingerprint density at radius 2 is 1.75 bits per heavy atom. The molecule has 1 N–H and O–H groups in total. The lowest BCUT2D eigenvalue weighted by Gasteiger charge is -2.28. The summed E-state index contributed by atoms with van der Waals surface area (Å²) in [5.41, 5.74) is -3.94. The van der Waals surface area contributed by atoms with E-state index in [4.69, 9.17) is 21.4 Å². The number of ether oxygens (including phenoxy) is 1. The highest BCUT2D eigenvalue weighted by molar-refractivity contribution is 6.36. The van der Waals surface area contributed by atoms with Gasteiger partial charge in [-0.05, 0) is 32.9 Å². The minimum Gasteiger partial charge on any atom is -0.478 e. The van der Waals surface area contributed by atoms with E-state index in [2.05, 4.69) is 4.84 Å². The van der Waals surface area contributed by atoms with Crippen molar-refractivity contribution in [3.8, 4) is 0 Å². The van der Waals surface area contributed by atoms with E-state index in [0.717, 1.165) is 7.11 Å². The molecule has 0 fully saturated rings. The number of hydrogen-bond acceptors (Lipinski definition) is 4. The minimum atomic E-state index is -4.91. The largest absolute Gasteiger partial charge is 0.478 e. The van der Waals surface area contributed by atoms with Crippen molar-refractivity contribution in [2.24, 2.45) is 0 Å². The molecule has 0 heterocycles. The van der Waals surface area contributed by atoms with Crippen LogP contribution in [-0.2, 0) is 15.8 Å². The fraction of sp³-hybridized carbons (Fsp3) is 0.429. The molecule has 0 saturated carbocycles. The van der Waals surface area contributed by atoms with E-state index in [1.807, 2.05) is 0 Å². The van der Waals surface area contributed by atoms with Gasteiger partial charge in [0.1, 0.15) is 11.3 Å². The number of benzene rings is 1. The second-order valence-electron chi connectivity index (χ2n) is 5.58. The van der Waals surface area contributed by atoms with Crippen LogP contribution in [0.3, 0.4) is 0 Å². The molecule has 0 aliphatic heterocycles. The molecule has 1 rings (SSSR count). The number of halogens is 4. The minimum absolute atomic E-state index is 0.169. The molecule has 10 heteroatoms. The summed E-state index contributed by atoms with van der Waals surface area (Å²) < 4.78 is 44.6. The van der Waals surface area contributed by atoms with Gasteiger partial charge in [-0.25, -0.2) is 9.59 Å². The van der Waals surface area contributed by atoms with Crippen LogP contribution in [0.15, 0.2) is 12.1 Å². The van der Waals surface area contributed by atoms with E-state index in [0.29, 0.717) is 12.1 Å². The average molecular weight is 370 g/mol. The number of carboxylic acid groups (broad SMARTS) is 1. The van der Waals surface area contributed by atoms with E-state index in [1.54, 1.807) is 0 Å². The van der Waals surface area contributed by atoms with Gasteiger partial charge in [0.05, 0.1) is 23.3 Å². The summed E-state index contributed by atoms with van der Waals surface area (Å²) in [6.45, 7) is 4.50. The van der Waals surface area contributed by atoms with Gasteiger partial charge in [0, 0.05) is 0 Å². The van der Waals surface area contributed by atoms with E-state index in [-0.39, 0.29) is 5.06 Å². The van der Waals surface area contributed by atoms with E-state index in [1.165, 1.54) is 20.8 Å². The quantitative estimate of drug-likeness (QED) is 0.801. The highest BCUT2D eigenvalue weighted by Crippen LogP contribution is 2.42. The maximum absolute atomic E-state index is 13.2. The summed E-state index contributed by atoms with van der Waals surface area (Å²) in [4.78, 5) is 27.9. The standard InChI is InChI=1S/C14H15ClF3NO5/c1-13(2,3)24-12(22)19(23-4)10-8(14(16,17)18)6-5-7(9(10)15)11(20)21/h5-6H,1-4H3,(H,20,21). The second kappa shape index (κ2) is 6.86. The number of amides is 1. The molecule has 0 saturated heterocycles. The van der Waals surface area contributed by atoms with Crippen LogP contribution in [0.5, 0.6) is 0 Å². The van der Waals surface area contributed by atoms with Crippen molar-refractivity contribution in [3.05, 3.63) is 28.3 Å². The third-order valence-corrected chi connectivity index (χ3v) is 2.98. The van der Waals surface area contributed by atoms with Gasteiger partial charge in [-0.2, -0.15) is 18.2 Å². The van der Waals surface area contributed by atoms with Crippen LogP contribution in [-0.4, -0.2) is 29.9 Å². The number of rotatable bonds is 3. The Labute approximate surface area is 140 Å². The van der Waals surface area contributed by atoms with Crippen molar-refractivity contribution in [1.29, 1.82) is 0 Å². The van der Waals surface area contributed by atoms with Gasteiger partial charge in [0.2, 0.25) is 0 Å². The normalized spacial score (nSPS) is 12.0. The molecular formula is C14H15ClF3NO5. The molecule has 24 heavy (non-hydrogen) atoms. The fourth-order valence-electron chi connectivity index (χ4n) is 1.72. The summed E-state index contributed by atoms with van der Waals surface area (Å²) in [7, 11) is 0.924. The molecule has 0 atom stereocenters. The molecule has 1 aromatic rings.